The van der Waals surface area contributed by atoms with Gasteiger partial charge < -0.3 is 20.1 Å². The fraction of sp³-hybridized carbons (Fsp3) is 0.522. The van der Waals surface area contributed by atoms with E-state index in [0.717, 1.165) is 61.9 Å². The number of nitrogens with zero attached hydrogens (tertiary/aromatic N) is 3. The molecule has 1 aliphatic carbocycles. The minimum atomic E-state index is 0.227. The third-order valence-corrected chi connectivity index (χ3v) is 5.91. The van der Waals surface area contributed by atoms with E-state index in [-0.39, 0.29) is 12.0 Å². The first-order valence-corrected chi connectivity index (χ1v) is 11.1. The Balaban J connectivity index is 1.33. The van der Waals surface area contributed by atoms with Gasteiger partial charge in [0.1, 0.15) is 5.69 Å². The van der Waals surface area contributed by atoms with Gasteiger partial charge in [-0.05, 0) is 26.2 Å². The monoisotopic (exact) mass is 409 g/mol. The summed E-state index contributed by atoms with van der Waals surface area (Å²) in [6, 6.07) is 12.1. The summed E-state index contributed by atoms with van der Waals surface area (Å²) in [7, 11) is 0. The number of rotatable bonds is 6. The second-order valence-electron chi connectivity index (χ2n) is 8.14. The molecule has 1 aliphatic heterocycles. The highest BCUT2D eigenvalue weighted by atomic mass is 16.5. The number of benzene rings is 1. The lowest BCUT2D eigenvalue weighted by atomic mass is 10.1. The van der Waals surface area contributed by atoms with Crippen molar-refractivity contribution in [2.75, 3.05) is 19.6 Å². The van der Waals surface area contributed by atoms with Crippen LogP contribution in [0.2, 0.25) is 0 Å². The van der Waals surface area contributed by atoms with Crippen molar-refractivity contribution < 1.29 is 9.32 Å². The number of carbonyl (C=O) groups excluding carboxylic acids is 1. The lowest BCUT2D eigenvalue weighted by Gasteiger charge is -2.21. The third-order valence-electron chi connectivity index (χ3n) is 5.91. The van der Waals surface area contributed by atoms with E-state index in [0.29, 0.717) is 12.5 Å². The van der Waals surface area contributed by atoms with E-state index in [4.69, 9.17) is 4.52 Å². The highest BCUT2D eigenvalue weighted by Crippen LogP contribution is 2.28. The Kier molecular flexibility index (Phi) is 6.67. The first-order chi connectivity index (χ1) is 14.7. The van der Waals surface area contributed by atoms with Crippen LogP contribution < -0.4 is 10.6 Å². The molecule has 1 saturated heterocycles. The predicted octanol–water partition coefficient (Wildman–Crippen LogP) is 3.19. The molecule has 1 unspecified atom stereocenters. The van der Waals surface area contributed by atoms with Crippen LogP contribution in [-0.2, 0) is 11.3 Å². The Hall–Kier alpha value is -2.83. The molecule has 2 N–H and O–H groups in total. The maximum atomic E-state index is 12.7. The molecule has 160 valence electrons. The molecular formula is C23H31N5O2. The number of amides is 1. The van der Waals surface area contributed by atoms with Crippen molar-refractivity contribution in [3.63, 3.8) is 0 Å². The average Bonchev–Trinajstić information content (AvgIpc) is 3.54. The van der Waals surface area contributed by atoms with Crippen molar-refractivity contribution >= 4 is 11.9 Å². The molecule has 0 radical (unpaired) electrons. The van der Waals surface area contributed by atoms with Gasteiger partial charge in [0.2, 0.25) is 5.91 Å². The topological polar surface area (TPSA) is 82.8 Å². The molecule has 0 bridgehead atoms. The number of hydrogen-bond donors (Lipinski definition) is 2. The minimum Gasteiger partial charge on any atom is -0.357 e. The minimum absolute atomic E-state index is 0.227. The van der Waals surface area contributed by atoms with Crippen LogP contribution in [0.1, 0.15) is 44.7 Å². The molecule has 1 atom stereocenters. The van der Waals surface area contributed by atoms with Crippen LogP contribution in [0.25, 0.3) is 11.3 Å². The summed E-state index contributed by atoms with van der Waals surface area (Å²) in [4.78, 5) is 19.4. The molecule has 7 heteroatoms. The van der Waals surface area contributed by atoms with Crippen LogP contribution in [0.3, 0.4) is 0 Å². The summed E-state index contributed by atoms with van der Waals surface area (Å²) >= 11 is 0. The van der Waals surface area contributed by atoms with Crippen LogP contribution in [0.4, 0.5) is 0 Å². The number of aromatic nitrogens is 1. The van der Waals surface area contributed by atoms with Gasteiger partial charge in [-0.15, -0.1) is 0 Å². The number of likely N-dealkylation sites (tertiary alicyclic amines) is 1. The Bertz CT molecular complexity index is 857. The van der Waals surface area contributed by atoms with Crippen molar-refractivity contribution in [2.24, 2.45) is 10.9 Å². The molecule has 7 nitrogen and oxygen atoms in total. The van der Waals surface area contributed by atoms with Gasteiger partial charge in [0.25, 0.3) is 0 Å². The van der Waals surface area contributed by atoms with Crippen molar-refractivity contribution in [3.8, 4) is 11.3 Å². The van der Waals surface area contributed by atoms with Gasteiger partial charge in [-0.25, -0.2) is 4.99 Å². The zero-order valence-electron chi connectivity index (χ0n) is 17.6. The standard InChI is InChI=1S/C23H31N5O2/c1-2-24-23(25-15-20-14-21(30-27-20)17-8-4-3-5-9-17)26-19-12-13-28(16-19)22(29)18-10-6-7-11-18/h3-5,8-9,14,18-19H,2,6-7,10-13,15-16H2,1H3,(H2,24,25,26). The number of aliphatic imine (C=N–C) groups is 1. The van der Waals surface area contributed by atoms with Crippen LogP contribution in [0, 0.1) is 5.92 Å². The molecule has 1 aromatic heterocycles. The van der Waals surface area contributed by atoms with Crippen molar-refractivity contribution in [2.45, 2.75) is 51.6 Å². The number of guanidine groups is 1. The number of carbonyl (C=O) groups is 1. The Labute approximate surface area is 177 Å². The van der Waals surface area contributed by atoms with Gasteiger partial charge in [-0.2, -0.15) is 0 Å². The average molecular weight is 410 g/mol. The summed E-state index contributed by atoms with van der Waals surface area (Å²) in [5.41, 5.74) is 1.79. The molecule has 1 saturated carbocycles. The van der Waals surface area contributed by atoms with E-state index >= 15 is 0 Å². The molecule has 2 heterocycles. The Morgan fingerprint density at radius 3 is 2.80 bits per heavy atom. The van der Waals surface area contributed by atoms with E-state index in [1.54, 1.807) is 0 Å². The molecule has 2 aromatic rings. The lowest BCUT2D eigenvalue weighted by molar-refractivity contribution is -0.134. The van der Waals surface area contributed by atoms with Gasteiger partial charge in [0, 0.05) is 43.2 Å². The molecule has 0 spiro atoms. The SMILES string of the molecule is CCNC(=NCc1cc(-c2ccccc2)on1)NC1CCN(C(=O)C2CCCC2)C1. The second-order valence-corrected chi connectivity index (χ2v) is 8.14. The summed E-state index contributed by atoms with van der Waals surface area (Å²) < 4.78 is 5.46. The Morgan fingerprint density at radius 1 is 1.23 bits per heavy atom. The Morgan fingerprint density at radius 2 is 2.03 bits per heavy atom. The molecule has 1 amide bonds. The lowest BCUT2D eigenvalue weighted by Crippen LogP contribution is -2.45. The van der Waals surface area contributed by atoms with Gasteiger partial charge in [-0.3, -0.25) is 4.79 Å². The van der Waals surface area contributed by atoms with Crippen LogP contribution in [-0.4, -0.2) is 47.6 Å². The van der Waals surface area contributed by atoms with Gasteiger partial charge in [-0.1, -0.05) is 48.3 Å². The quantitative estimate of drug-likeness (QED) is 0.566. The molecule has 1 aromatic carbocycles. The summed E-state index contributed by atoms with van der Waals surface area (Å²) in [6.45, 7) is 4.84. The maximum absolute atomic E-state index is 12.7. The van der Waals surface area contributed by atoms with Gasteiger partial charge >= 0.3 is 0 Å². The van der Waals surface area contributed by atoms with Gasteiger partial charge in [0.05, 0.1) is 6.54 Å². The summed E-state index contributed by atoms with van der Waals surface area (Å²) in [5.74, 6) is 2.09. The van der Waals surface area contributed by atoms with Crippen LogP contribution in [0.5, 0.6) is 0 Å². The van der Waals surface area contributed by atoms with Gasteiger partial charge in [0.15, 0.2) is 11.7 Å². The van der Waals surface area contributed by atoms with E-state index < -0.39 is 0 Å². The van der Waals surface area contributed by atoms with Crippen LogP contribution >= 0.6 is 0 Å². The number of hydrogen-bond acceptors (Lipinski definition) is 4. The normalized spacial score (nSPS) is 20.0. The maximum Gasteiger partial charge on any atom is 0.225 e. The molecule has 4 rings (SSSR count). The molecule has 2 aliphatic rings. The fourth-order valence-corrected chi connectivity index (χ4v) is 4.31. The van der Waals surface area contributed by atoms with E-state index in [1.165, 1.54) is 12.8 Å². The zero-order chi connectivity index (χ0) is 20.8. The highest BCUT2D eigenvalue weighted by Gasteiger charge is 2.32. The summed E-state index contributed by atoms with van der Waals surface area (Å²) in [6.07, 6.45) is 5.44. The van der Waals surface area contributed by atoms with Crippen LogP contribution in [0.15, 0.2) is 45.9 Å². The van der Waals surface area contributed by atoms with E-state index in [1.807, 2.05) is 48.2 Å². The van der Waals surface area contributed by atoms with E-state index in [9.17, 15) is 4.79 Å². The first-order valence-electron chi connectivity index (χ1n) is 11.1. The zero-order valence-corrected chi connectivity index (χ0v) is 17.6. The smallest absolute Gasteiger partial charge is 0.225 e. The van der Waals surface area contributed by atoms with E-state index in [2.05, 4.69) is 20.8 Å². The third kappa shape index (κ3) is 5.01. The highest BCUT2D eigenvalue weighted by molar-refractivity contribution is 5.81. The van der Waals surface area contributed by atoms with Crippen molar-refractivity contribution in [3.05, 3.63) is 42.1 Å². The summed E-state index contributed by atoms with van der Waals surface area (Å²) in [5, 5.41) is 10.9. The first kappa shape index (κ1) is 20.4. The van der Waals surface area contributed by atoms with Crippen molar-refractivity contribution in [1.29, 1.82) is 0 Å². The fourth-order valence-electron chi connectivity index (χ4n) is 4.31. The largest absolute Gasteiger partial charge is 0.357 e. The number of nitrogens with one attached hydrogen (secondary N) is 2. The molecule has 2 fully saturated rings. The molecule has 30 heavy (non-hydrogen) atoms. The van der Waals surface area contributed by atoms with Crippen molar-refractivity contribution in [1.82, 2.24) is 20.7 Å². The predicted molar refractivity (Wildman–Crippen MR) is 117 cm³/mol. The molecular weight excluding hydrogens is 378 g/mol. The second kappa shape index (κ2) is 9.78.